The van der Waals surface area contributed by atoms with Crippen molar-refractivity contribution in [1.29, 1.82) is 0 Å². The summed E-state index contributed by atoms with van der Waals surface area (Å²) in [6, 6.07) is 0.674. The van der Waals surface area contributed by atoms with Crippen molar-refractivity contribution in [1.82, 2.24) is 15.1 Å². The van der Waals surface area contributed by atoms with Gasteiger partial charge < -0.3 is 10.4 Å². The highest BCUT2D eigenvalue weighted by Crippen LogP contribution is 2.06. The van der Waals surface area contributed by atoms with Gasteiger partial charge in [-0.1, -0.05) is 13.8 Å². The molecule has 0 saturated heterocycles. The molecule has 94 valence electrons. The van der Waals surface area contributed by atoms with Gasteiger partial charge in [-0.3, -0.25) is 9.48 Å². The summed E-state index contributed by atoms with van der Waals surface area (Å²) < 4.78 is 1.49. The number of amides is 1. The molecule has 0 saturated carbocycles. The van der Waals surface area contributed by atoms with E-state index in [9.17, 15) is 9.59 Å². The number of rotatable bonds is 5. The van der Waals surface area contributed by atoms with Crippen molar-refractivity contribution in [2.24, 2.45) is 13.0 Å². The standard InChI is InChI=1S/C11H17N3O3/c1-7(2)6-9(11(16)17)12-10(15)8-4-5-14(3)13-8/h4-5,7,9H,6H2,1-3H3,(H,12,15)(H,16,17)/t9-/m1/s1. The number of hydrogen-bond donors (Lipinski definition) is 2. The molecular weight excluding hydrogens is 222 g/mol. The van der Waals surface area contributed by atoms with Crippen LogP contribution in [0.15, 0.2) is 12.3 Å². The number of aryl methyl sites for hydroxylation is 1. The Kier molecular flexibility index (Phi) is 4.25. The van der Waals surface area contributed by atoms with Crippen molar-refractivity contribution in [3.05, 3.63) is 18.0 Å². The van der Waals surface area contributed by atoms with Crippen LogP contribution >= 0.6 is 0 Å². The summed E-state index contributed by atoms with van der Waals surface area (Å²) >= 11 is 0. The first-order valence-corrected chi connectivity index (χ1v) is 5.43. The van der Waals surface area contributed by atoms with Gasteiger partial charge in [-0.15, -0.1) is 0 Å². The van der Waals surface area contributed by atoms with Crippen LogP contribution in [0, 0.1) is 5.92 Å². The number of nitrogens with zero attached hydrogens (tertiary/aromatic N) is 2. The normalized spacial score (nSPS) is 12.5. The molecule has 1 aromatic rings. The summed E-state index contributed by atoms with van der Waals surface area (Å²) in [6.07, 6.45) is 2.03. The lowest BCUT2D eigenvalue weighted by molar-refractivity contribution is -0.139. The topological polar surface area (TPSA) is 84.2 Å². The van der Waals surface area contributed by atoms with E-state index in [1.807, 2.05) is 13.8 Å². The Morgan fingerprint density at radius 3 is 2.59 bits per heavy atom. The van der Waals surface area contributed by atoms with Gasteiger partial charge in [-0.2, -0.15) is 5.10 Å². The smallest absolute Gasteiger partial charge is 0.326 e. The molecule has 0 bridgehead atoms. The summed E-state index contributed by atoms with van der Waals surface area (Å²) in [4.78, 5) is 22.7. The first-order valence-electron chi connectivity index (χ1n) is 5.43. The second-order valence-electron chi connectivity index (χ2n) is 4.37. The summed E-state index contributed by atoms with van der Waals surface area (Å²) in [6.45, 7) is 3.81. The number of carboxylic acid groups (broad SMARTS) is 1. The second kappa shape index (κ2) is 5.47. The molecule has 2 N–H and O–H groups in total. The molecular formula is C11H17N3O3. The molecule has 1 heterocycles. The summed E-state index contributed by atoms with van der Waals surface area (Å²) in [5, 5.41) is 15.4. The fraction of sp³-hybridized carbons (Fsp3) is 0.545. The molecule has 0 aromatic carbocycles. The summed E-state index contributed by atoms with van der Waals surface area (Å²) in [5.41, 5.74) is 0.225. The molecule has 0 aliphatic carbocycles. The van der Waals surface area contributed by atoms with Gasteiger partial charge in [0, 0.05) is 13.2 Å². The van der Waals surface area contributed by atoms with Crippen molar-refractivity contribution in [3.63, 3.8) is 0 Å². The van der Waals surface area contributed by atoms with E-state index in [-0.39, 0.29) is 11.6 Å². The van der Waals surface area contributed by atoms with E-state index >= 15 is 0 Å². The zero-order valence-electron chi connectivity index (χ0n) is 10.2. The molecule has 1 amide bonds. The molecule has 1 aromatic heterocycles. The first-order chi connectivity index (χ1) is 7.90. The van der Waals surface area contributed by atoms with Gasteiger partial charge >= 0.3 is 5.97 Å². The highest BCUT2D eigenvalue weighted by molar-refractivity contribution is 5.94. The van der Waals surface area contributed by atoms with Gasteiger partial charge in [0.1, 0.15) is 11.7 Å². The quantitative estimate of drug-likeness (QED) is 0.790. The van der Waals surface area contributed by atoms with Gasteiger partial charge in [-0.25, -0.2) is 4.79 Å². The molecule has 0 unspecified atom stereocenters. The lowest BCUT2D eigenvalue weighted by Crippen LogP contribution is -2.41. The zero-order chi connectivity index (χ0) is 13.0. The van der Waals surface area contributed by atoms with E-state index in [1.54, 1.807) is 19.3 Å². The zero-order valence-corrected chi connectivity index (χ0v) is 10.2. The number of carbonyl (C=O) groups is 2. The maximum atomic E-state index is 11.7. The van der Waals surface area contributed by atoms with Crippen molar-refractivity contribution in [2.45, 2.75) is 26.3 Å². The monoisotopic (exact) mass is 239 g/mol. The SMILES string of the molecule is CC(C)C[C@@H](NC(=O)c1ccn(C)n1)C(=O)O. The lowest BCUT2D eigenvalue weighted by atomic mass is 10.0. The van der Waals surface area contributed by atoms with Crippen LogP contribution in [-0.2, 0) is 11.8 Å². The fourth-order valence-electron chi connectivity index (χ4n) is 1.46. The highest BCUT2D eigenvalue weighted by atomic mass is 16.4. The number of aromatic nitrogens is 2. The molecule has 0 spiro atoms. The summed E-state index contributed by atoms with van der Waals surface area (Å²) in [5.74, 6) is -1.29. The fourth-order valence-corrected chi connectivity index (χ4v) is 1.46. The third kappa shape index (κ3) is 3.90. The van der Waals surface area contributed by atoms with Crippen molar-refractivity contribution in [2.75, 3.05) is 0 Å². The lowest BCUT2D eigenvalue weighted by Gasteiger charge is -2.15. The van der Waals surface area contributed by atoms with Gasteiger partial charge in [0.2, 0.25) is 0 Å². The molecule has 0 radical (unpaired) electrons. The van der Waals surface area contributed by atoms with E-state index in [0.29, 0.717) is 6.42 Å². The third-order valence-corrected chi connectivity index (χ3v) is 2.26. The maximum absolute atomic E-state index is 11.7. The molecule has 6 heteroatoms. The predicted molar refractivity (Wildman–Crippen MR) is 61.6 cm³/mol. The second-order valence-corrected chi connectivity index (χ2v) is 4.37. The van der Waals surface area contributed by atoms with Gasteiger partial charge in [-0.05, 0) is 18.4 Å². The minimum Gasteiger partial charge on any atom is -0.480 e. The highest BCUT2D eigenvalue weighted by Gasteiger charge is 2.22. The van der Waals surface area contributed by atoms with Crippen LogP contribution in [0.1, 0.15) is 30.8 Å². The van der Waals surface area contributed by atoms with Crippen LogP contribution in [-0.4, -0.2) is 32.8 Å². The number of carboxylic acids is 1. The number of hydrogen-bond acceptors (Lipinski definition) is 3. The molecule has 0 aliphatic rings. The first kappa shape index (κ1) is 13.2. The van der Waals surface area contributed by atoms with Gasteiger partial charge in [0.25, 0.3) is 5.91 Å². The van der Waals surface area contributed by atoms with Crippen LogP contribution in [0.2, 0.25) is 0 Å². The Morgan fingerprint density at radius 2 is 2.18 bits per heavy atom. The Labute approximate surface area is 99.6 Å². The third-order valence-electron chi connectivity index (χ3n) is 2.26. The minimum atomic E-state index is -1.03. The van der Waals surface area contributed by atoms with Gasteiger partial charge in [0.05, 0.1) is 0 Å². The molecule has 0 fully saturated rings. The molecule has 1 atom stereocenters. The Balaban J connectivity index is 2.67. The minimum absolute atomic E-state index is 0.195. The van der Waals surface area contributed by atoms with Gasteiger partial charge in [0.15, 0.2) is 0 Å². The molecule has 1 rings (SSSR count). The van der Waals surface area contributed by atoms with E-state index in [1.165, 1.54) is 4.68 Å². The summed E-state index contributed by atoms with van der Waals surface area (Å²) in [7, 11) is 1.69. The predicted octanol–water partition coefficient (Wildman–Crippen LogP) is 0.649. The van der Waals surface area contributed by atoms with Crippen LogP contribution in [0.5, 0.6) is 0 Å². The maximum Gasteiger partial charge on any atom is 0.326 e. The van der Waals surface area contributed by atoms with E-state index in [4.69, 9.17) is 5.11 Å². The van der Waals surface area contributed by atoms with E-state index < -0.39 is 17.9 Å². The largest absolute Gasteiger partial charge is 0.480 e. The van der Waals surface area contributed by atoms with E-state index in [2.05, 4.69) is 10.4 Å². The average Bonchev–Trinajstić information content (AvgIpc) is 2.63. The van der Waals surface area contributed by atoms with E-state index in [0.717, 1.165) is 0 Å². The molecule has 6 nitrogen and oxygen atoms in total. The number of aliphatic carboxylic acids is 1. The molecule has 17 heavy (non-hydrogen) atoms. The van der Waals surface area contributed by atoms with Crippen LogP contribution in [0.25, 0.3) is 0 Å². The Morgan fingerprint density at radius 1 is 1.53 bits per heavy atom. The van der Waals surface area contributed by atoms with Crippen LogP contribution in [0.4, 0.5) is 0 Å². The van der Waals surface area contributed by atoms with Crippen molar-refractivity contribution < 1.29 is 14.7 Å². The number of carbonyl (C=O) groups excluding carboxylic acids is 1. The Bertz CT molecular complexity index is 412. The average molecular weight is 239 g/mol. The number of nitrogens with one attached hydrogen (secondary N) is 1. The van der Waals surface area contributed by atoms with Crippen molar-refractivity contribution >= 4 is 11.9 Å². The Hall–Kier alpha value is -1.85. The van der Waals surface area contributed by atoms with Crippen LogP contribution in [0.3, 0.4) is 0 Å². The van der Waals surface area contributed by atoms with Crippen LogP contribution < -0.4 is 5.32 Å². The molecule has 0 aliphatic heterocycles. The van der Waals surface area contributed by atoms with Crippen molar-refractivity contribution in [3.8, 4) is 0 Å².